The van der Waals surface area contributed by atoms with E-state index in [4.69, 9.17) is 32.7 Å². The van der Waals surface area contributed by atoms with Gasteiger partial charge in [-0.3, -0.25) is 0 Å². The Morgan fingerprint density at radius 2 is 1.73 bits per heavy atom. The molecule has 4 rings (SSSR count). The average Bonchev–Trinajstić information content (AvgIpc) is 3.21. The van der Waals surface area contributed by atoms with Crippen LogP contribution in [0.1, 0.15) is 17.3 Å². The summed E-state index contributed by atoms with van der Waals surface area (Å²) in [7, 11) is -0.898. The molecule has 0 bridgehead atoms. The van der Waals surface area contributed by atoms with Crippen molar-refractivity contribution in [1.29, 1.82) is 0 Å². The highest BCUT2D eigenvalue weighted by Gasteiger charge is 2.38. The number of hydrogen-bond donors (Lipinski definition) is 0. The van der Waals surface area contributed by atoms with Gasteiger partial charge in [0.2, 0.25) is 10.0 Å². The van der Waals surface area contributed by atoms with Crippen molar-refractivity contribution in [3.05, 3.63) is 76.0 Å². The summed E-state index contributed by atoms with van der Waals surface area (Å²) in [6, 6.07) is 12.9. The Labute approximate surface area is 185 Å². The average molecular weight is 467 g/mol. The molecule has 30 heavy (non-hydrogen) atoms. The van der Waals surface area contributed by atoms with Crippen molar-refractivity contribution in [3.63, 3.8) is 0 Å². The van der Waals surface area contributed by atoms with E-state index in [9.17, 15) is 8.42 Å². The third-order valence-corrected chi connectivity index (χ3v) is 7.64. The first kappa shape index (κ1) is 21.1. The Kier molecular flexibility index (Phi) is 5.72. The molecule has 0 aliphatic carbocycles. The molecular formula is C21H20Cl2N2O4S. The monoisotopic (exact) mass is 466 g/mol. The zero-order valence-corrected chi connectivity index (χ0v) is 18.7. The van der Waals surface area contributed by atoms with E-state index >= 15 is 0 Å². The molecule has 6 nitrogen and oxygen atoms in total. The van der Waals surface area contributed by atoms with Crippen molar-refractivity contribution in [1.82, 2.24) is 8.87 Å². The van der Waals surface area contributed by atoms with E-state index < -0.39 is 16.1 Å². The van der Waals surface area contributed by atoms with Gasteiger partial charge in [0.25, 0.3) is 0 Å². The summed E-state index contributed by atoms with van der Waals surface area (Å²) in [6.07, 6.45) is 1.94. The summed E-state index contributed by atoms with van der Waals surface area (Å²) in [5.74, 6) is 0.807. The molecule has 0 N–H and O–H groups in total. The molecule has 3 aromatic rings. The summed E-state index contributed by atoms with van der Waals surface area (Å²) < 4.78 is 41.4. The fourth-order valence-electron chi connectivity index (χ4n) is 3.77. The minimum Gasteiger partial charge on any atom is -0.493 e. The fraction of sp³-hybridized carbons (Fsp3) is 0.238. The molecule has 1 atom stereocenters. The zero-order valence-electron chi connectivity index (χ0n) is 16.4. The maximum Gasteiger partial charge on any atom is 0.244 e. The van der Waals surface area contributed by atoms with Gasteiger partial charge in [-0.1, -0.05) is 29.3 Å². The molecule has 2 heterocycles. The van der Waals surface area contributed by atoms with E-state index in [0.717, 1.165) is 5.69 Å². The second kappa shape index (κ2) is 8.15. The van der Waals surface area contributed by atoms with Crippen LogP contribution in [-0.4, -0.2) is 38.1 Å². The molecule has 9 heteroatoms. The first-order valence-corrected chi connectivity index (χ1v) is 11.4. The van der Waals surface area contributed by atoms with Crippen molar-refractivity contribution in [2.45, 2.75) is 17.5 Å². The van der Waals surface area contributed by atoms with E-state index in [2.05, 4.69) is 0 Å². The van der Waals surface area contributed by atoms with E-state index in [1.54, 1.807) is 24.3 Å². The topological polar surface area (TPSA) is 60.8 Å². The van der Waals surface area contributed by atoms with Crippen molar-refractivity contribution < 1.29 is 17.9 Å². The van der Waals surface area contributed by atoms with Gasteiger partial charge >= 0.3 is 0 Å². The normalized spacial score (nSPS) is 16.9. The lowest BCUT2D eigenvalue weighted by atomic mass is 10.0. The molecule has 0 amide bonds. The number of halogens is 2. The Morgan fingerprint density at radius 1 is 0.967 bits per heavy atom. The predicted octanol–water partition coefficient (Wildman–Crippen LogP) is 4.61. The highest BCUT2D eigenvalue weighted by molar-refractivity contribution is 7.89. The number of aromatic nitrogens is 1. The summed E-state index contributed by atoms with van der Waals surface area (Å²) in [5, 5.41) is 0.902. The van der Waals surface area contributed by atoms with Crippen LogP contribution in [0.15, 0.2) is 59.6 Å². The van der Waals surface area contributed by atoms with Crippen molar-refractivity contribution in [2.24, 2.45) is 0 Å². The second-order valence-corrected chi connectivity index (χ2v) is 9.56. The van der Waals surface area contributed by atoms with Gasteiger partial charge in [0.05, 0.1) is 25.2 Å². The molecule has 0 radical (unpaired) electrons. The Morgan fingerprint density at radius 3 is 2.43 bits per heavy atom. The van der Waals surface area contributed by atoms with Crippen LogP contribution in [0, 0.1) is 0 Å². The Bertz CT molecular complexity index is 1190. The van der Waals surface area contributed by atoms with Gasteiger partial charge in [0.15, 0.2) is 11.5 Å². The number of fused-ring (bicyclic) bond motifs is 1. The van der Waals surface area contributed by atoms with Crippen LogP contribution in [0.2, 0.25) is 10.0 Å². The van der Waals surface area contributed by atoms with Crippen LogP contribution < -0.4 is 9.47 Å². The van der Waals surface area contributed by atoms with E-state index in [1.165, 1.54) is 30.7 Å². The molecule has 0 fully saturated rings. The SMILES string of the molecule is COc1ccc(S(=O)(=O)N2CCn3cccc3[C@H]2c2ccc(Cl)cc2Cl)cc1OC. The molecule has 158 valence electrons. The molecule has 0 unspecified atom stereocenters. The molecule has 2 aromatic carbocycles. The Hall–Kier alpha value is -2.19. The fourth-order valence-corrected chi connectivity index (χ4v) is 5.87. The maximum absolute atomic E-state index is 13.7. The molecule has 1 aliphatic rings. The third-order valence-electron chi connectivity index (χ3n) is 5.21. The van der Waals surface area contributed by atoms with Crippen molar-refractivity contribution in [3.8, 4) is 11.5 Å². The molecule has 1 aliphatic heterocycles. The number of ether oxygens (including phenoxy) is 2. The molecule has 0 spiro atoms. The highest BCUT2D eigenvalue weighted by Crippen LogP contribution is 2.41. The summed E-state index contributed by atoms with van der Waals surface area (Å²) >= 11 is 12.6. The standard InChI is InChI=1S/C21H20Cl2N2O4S/c1-28-19-8-6-15(13-20(19)29-2)30(26,27)25-11-10-24-9-3-4-18(24)21(25)16-7-5-14(22)12-17(16)23/h3-9,12-13,21H,10-11H2,1-2H3/t21-/m1/s1. The Balaban J connectivity index is 1.86. The van der Waals surface area contributed by atoms with Gasteiger partial charge in [-0.05, 0) is 42.0 Å². The van der Waals surface area contributed by atoms with E-state index in [0.29, 0.717) is 40.2 Å². The number of methoxy groups -OCH3 is 2. The van der Waals surface area contributed by atoms with Gasteiger partial charge in [-0.15, -0.1) is 0 Å². The molecular weight excluding hydrogens is 447 g/mol. The van der Waals surface area contributed by atoms with Gasteiger partial charge in [0.1, 0.15) is 0 Å². The first-order valence-electron chi connectivity index (χ1n) is 9.20. The lowest BCUT2D eigenvalue weighted by Gasteiger charge is -2.36. The quantitative estimate of drug-likeness (QED) is 0.550. The van der Waals surface area contributed by atoms with Crippen LogP contribution in [0.3, 0.4) is 0 Å². The molecule has 0 saturated heterocycles. The maximum atomic E-state index is 13.7. The minimum atomic E-state index is -3.87. The van der Waals surface area contributed by atoms with Crippen molar-refractivity contribution >= 4 is 33.2 Å². The van der Waals surface area contributed by atoms with Gasteiger partial charge in [0, 0.05) is 41.1 Å². The number of sulfonamides is 1. The van der Waals surface area contributed by atoms with E-state index in [-0.39, 0.29) is 4.90 Å². The summed E-state index contributed by atoms with van der Waals surface area (Å²) in [4.78, 5) is 0.121. The lowest BCUT2D eigenvalue weighted by molar-refractivity contribution is 0.298. The highest BCUT2D eigenvalue weighted by atomic mass is 35.5. The van der Waals surface area contributed by atoms with Crippen LogP contribution in [0.5, 0.6) is 11.5 Å². The number of nitrogens with zero attached hydrogens (tertiary/aromatic N) is 2. The summed E-state index contributed by atoms with van der Waals surface area (Å²) in [5.41, 5.74) is 1.51. The second-order valence-electron chi connectivity index (χ2n) is 6.83. The molecule has 1 aromatic heterocycles. The third kappa shape index (κ3) is 3.56. The number of rotatable bonds is 5. The predicted molar refractivity (Wildman–Crippen MR) is 116 cm³/mol. The molecule has 0 saturated carbocycles. The van der Waals surface area contributed by atoms with Crippen LogP contribution in [-0.2, 0) is 16.6 Å². The zero-order chi connectivity index (χ0) is 21.5. The van der Waals surface area contributed by atoms with Crippen LogP contribution >= 0.6 is 23.2 Å². The number of benzene rings is 2. The van der Waals surface area contributed by atoms with Crippen molar-refractivity contribution in [2.75, 3.05) is 20.8 Å². The summed E-state index contributed by atoms with van der Waals surface area (Å²) in [6.45, 7) is 0.832. The van der Waals surface area contributed by atoms with Gasteiger partial charge < -0.3 is 14.0 Å². The van der Waals surface area contributed by atoms with E-state index in [1.807, 2.05) is 22.9 Å². The van der Waals surface area contributed by atoms with Crippen LogP contribution in [0.4, 0.5) is 0 Å². The smallest absolute Gasteiger partial charge is 0.244 e. The number of hydrogen-bond acceptors (Lipinski definition) is 4. The largest absolute Gasteiger partial charge is 0.493 e. The van der Waals surface area contributed by atoms with Gasteiger partial charge in [-0.2, -0.15) is 4.31 Å². The lowest BCUT2D eigenvalue weighted by Crippen LogP contribution is -2.42. The minimum absolute atomic E-state index is 0.121. The first-order chi connectivity index (χ1) is 14.4. The van der Waals surface area contributed by atoms with Gasteiger partial charge in [-0.25, -0.2) is 8.42 Å². The van der Waals surface area contributed by atoms with Crippen LogP contribution in [0.25, 0.3) is 0 Å².